The Bertz CT molecular complexity index is 499. The summed E-state index contributed by atoms with van der Waals surface area (Å²) in [6.07, 6.45) is 0.749. The van der Waals surface area contributed by atoms with Crippen LogP contribution in [0.5, 0.6) is 5.75 Å². The van der Waals surface area contributed by atoms with Gasteiger partial charge in [0.05, 0.1) is 19.4 Å². The molecule has 5 nitrogen and oxygen atoms in total. The van der Waals surface area contributed by atoms with E-state index < -0.39 is 5.97 Å². The fourth-order valence-corrected chi connectivity index (χ4v) is 1.87. The van der Waals surface area contributed by atoms with Crippen molar-refractivity contribution in [3.63, 3.8) is 0 Å². The van der Waals surface area contributed by atoms with Crippen molar-refractivity contribution in [2.75, 3.05) is 6.61 Å². The molecule has 5 heteroatoms. The third-order valence-corrected chi connectivity index (χ3v) is 3.36. The maximum absolute atomic E-state index is 11.7. The van der Waals surface area contributed by atoms with Gasteiger partial charge in [-0.25, -0.2) is 0 Å². The van der Waals surface area contributed by atoms with Gasteiger partial charge in [-0.2, -0.15) is 0 Å². The van der Waals surface area contributed by atoms with E-state index in [9.17, 15) is 9.59 Å². The summed E-state index contributed by atoms with van der Waals surface area (Å²) in [6.45, 7) is 6.16. The first-order valence-corrected chi connectivity index (χ1v) is 7.13. The van der Waals surface area contributed by atoms with Crippen molar-refractivity contribution < 1.29 is 19.4 Å². The molecule has 21 heavy (non-hydrogen) atoms. The van der Waals surface area contributed by atoms with Crippen LogP contribution in [0.15, 0.2) is 18.2 Å². The first kappa shape index (κ1) is 17.0. The zero-order valence-electron chi connectivity index (χ0n) is 12.8. The number of carboxylic acids is 1. The van der Waals surface area contributed by atoms with Gasteiger partial charge in [0.2, 0.25) is 5.91 Å². The predicted molar refractivity (Wildman–Crippen MR) is 80.5 cm³/mol. The number of ether oxygens (including phenoxy) is 1. The van der Waals surface area contributed by atoms with Crippen molar-refractivity contribution >= 4 is 11.9 Å². The van der Waals surface area contributed by atoms with Gasteiger partial charge in [-0.3, -0.25) is 9.59 Å². The van der Waals surface area contributed by atoms with Crippen LogP contribution < -0.4 is 10.1 Å². The van der Waals surface area contributed by atoms with Crippen LogP contribution >= 0.6 is 0 Å². The molecule has 1 unspecified atom stereocenters. The van der Waals surface area contributed by atoms with Gasteiger partial charge in [0.25, 0.3) is 0 Å². The molecule has 0 aliphatic heterocycles. The summed E-state index contributed by atoms with van der Waals surface area (Å²) in [6, 6.07) is 5.47. The molecular weight excluding hydrogens is 270 g/mol. The van der Waals surface area contributed by atoms with Crippen LogP contribution in [0, 0.1) is 13.8 Å². The molecule has 0 heterocycles. The van der Waals surface area contributed by atoms with Crippen LogP contribution in [0.2, 0.25) is 0 Å². The molecule has 116 valence electrons. The second-order valence-corrected chi connectivity index (χ2v) is 5.12. The van der Waals surface area contributed by atoms with Crippen LogP contribution in [0.25, 0.3) is 0 Å². The normalized spacial score (nSPS) is 11.8. The number of hydrogen-bond acceptors (Lipinski definition) is 3. The first-order valence-electron chi connectivity index (χ1n) is 7.13. The molecule has 1 aromatic carbocycles. The van der Waals surface area contributed by atoms with Gasteiger partial charge in [-0.05, 0) is 43.5 Å². The highest BCUT2D eigenvalue weighted by Gasteiger charge is 2.13. The molecule has 1 aromatic rings. The largest absolute Gasteiger partial charge is 0.493 e. The lowest BCUT2D eigenvalue weighted by atomic mass is 10.1. The van der Waals surface area contributed by atoms with Crippen molar-refractivity contribution in [3.8, 4) is 5.75 Å². The molecular formula is C16H23NO4. The molecule has 0 aliphatic rings. The summed E-state index contributed by atoms with van der Waals surface area (Å²) >= 11 is 0. The Morgan fingerprint density at radius 3 is 2.57 bits per heavy atom. The monoisotopic (exact) mass is 293 g/mol. The molecule has 0 fully saturated rings. The lowest BCUT2D eigenvalue weighted by Gasteiger charge is -2.15. The Morgan fingerprint density at radius 2 is 2.00 bits per heavy atom. The van der Waals surface area contributed by atoms with E-state index in [1.54, 1.807) is 0 Å². The van der Waals surface area contributed by atoms with Gasteiger partial charge >= 0.3 is 5.97 Å². The van der Waals surface area contributed by atoms with Crippen molar-refractivity contribution in [3.05, 3.63) is 29.3 Å². The van der Waals surface area contributed by atoms with Crippen molar-refractivity contribution in [2.45, 2.75) is 46.1 Å². The third kappa shape index (κ3) is 6.29. The predicted octanol–water partition coefficient (Wildman–Crippen LogP) is 2.44. The standard InChI is InChI=1S/C16H23NO4/c1-4-13(10-16(19)20)17-15(18)7-8-21-14-6-5-11(2)12(3)9-14/h5-6,9,13H,4,7-8,10H2,1-3H3,(H,17,18)(H,19,20). The van der Waals surface area contributed by atoms with E-state index >= 15 is 0 Å². The summed E-state index contributed by atoms with van der Waals surface area (Å²) in [5.41, 5.74) is 2.34. The van der Waals surface area contributed by atoms with Crippen LogP contribution in [-0.2, 0) is 9.59 Å². The van der Waals surface area contributed by atoms with Crippen LogP contribution in [0.3, 0.4) is 0 Å². The number of rotatable bonds is 8. The fraction of sp³-hybridized carbons (Fsp3) is 0.500. The Balaban J connectivity index is 2.35. The Hall–Kier alpha value is -2.04. The molecule has 1 rings (SSSR count). The average molecular weight is 293 g/mol. The fourth-order valence-electron chi connectivity index (χ4n) is 1.87. The minimum absolute atomic E-state index is 0.0553. The summed E-state index contributed by atoms with van der Waals surface area (Å²) in [5.74, 6) is -0.357. The zero-order chi connectivity index (χ0) is 15.8. The number of nitrogens with one attached hydrogen (secondary N) is 1. The van der Waals surface area contributed by atoms with Crippen LogP contribution in [0.4, 0.5) is 0 Å². The number of amides is 1. The quantitative estimate of drug-likeness (QED) is 0.772. The van der Waals surface area contributed by atoms with Crippen LogP contribution in [0.1, 0.15) is 37.3 Å². The lowest BCUT2D eigenvalue weighted by Crippen LogP contribution is -2.36. The van der Waals surface area contributed by atoms with Gasteiger partial charge < -0.3 is 15.2 Å². The highest BCUT2D eigenvalue weighted by Crippen LogP contribution is 2.16. The van der Waals surface area contributed by atoms with E-state index in [0.29, 0.717) is 6.42 Å². The van der Waals surface area contributed by atoms with Crippen LogP contribution in [-0.4, -0.2) is 29.6 Å². The number of aryl methyl sites for hydroxylation is 2. The number of carboxylic acid groups (broad SMARTS) is 1. The Morgan fingerprint density at radius 1 is 1.29 bits per heavy atom. The topological polar surface area (TPSA) is 75.6 Å². The molecule has 0 saturated carbocycles. The molecule has 1 atom stereocenters. The number of carbonyl (C=O) groups is 2. The first-order chi connectivity index (χ1) is 9.92. The summed E-state index contributed by atoms with van der Waals surface area (Å²) in [5, 5.41) is 11.4. The van der Waals surface area contributed by atoms with Gasteiger partial charge in [-0.1, -0.05) is 13.0 Å². The molecule has 0 aliphatic carbocycles. The van der Waals surface area contributed by atoms with E-state index in [-0.39, 0.29) is 31.4 Å². The lowest BCUT2D eigenvalue weighted by molar-refractivity contribution is -0.137. The van der Waals surface area contributed by atoms with Gasteiger partial charge in [0.15, 0.2) is 0 Å². The van der Waals surface area contributed by atoms with E-state index in [1.165, 1.54) is 5.56 Å². The highest BCUT2D eigenvalue weighted by atomic mass is 16.5. The summed E-state index contributed by atoms with van der Waals surface area (Å²) in [4.78, 5) is 22.4. The van der Waals surface area contributed by atoms with Crippen molar-refractivity contribution in [1.82, 2.24) is 5.32 Å². The SMILES string of the molecule is CCC(CC(=O)O)NC(=O)CCOc1ccc(C)c(C)c1. The highest BCUT2D eigenvalue weighted by molar-refractivity contribution is 5.77. The molecule has 0 saturated heterocycles. The molecule has 1 amide bonds. The average Bonchev–Trinajstić information content (AvgIpc) is 2.41. The second-order valence-electron chi connectivity index (χ2n) is 5.12. The van der Waals surface area contributed by atoms with Crippen molar-refractivity contribution in [1.29, 1.82) is 0 Å². The number of benzene rings is 1. The summed E-state index contributed by atoms with van der Waals surface area (Å²) in [7, 11) is 0. The maximum Gasteiger partial charge on any atom is 0.305 e. The zero-order valence-corrected chi connectivity index (χ0v) is 12.8. The second kappa shape index (κ2) is 8.29. The van der Waals surface area contributed by atoms with E-state index in [0.717, 1.165) is 11.3 Å². The Kier molecular flexibility index (Phi) is 6.72. The van der Waals surface area contributed by atoms with E-state index in [1.807, 2.05) is 39.0 Å². The van der Waals surface area contributed by atoms with Gasteiger partial charge in [0.1, 0.15) is 5.75 Å². The number of carbonyl (C=O) groups excluding carboxylic acids is 1. The molecule has 0 aromatic heterocycles. The Labute approximate surface area is 125 Å². The van der Waals surface area contributed by atoms with Gasteiger partial charge in [-0.15, -0.1) is 0 Å². The molecule has 0 spiro atoms. The third-order valence-electron chi connectivity index (χ3n) is 3.36. The number of hydrogen-bond donors (Lipinski definition) is 2. The molecule has 2 N–H and O–H groups in total. The minimum atomic E-state index is -0.909. The van der Waals surface area contributed by atoms with Gasteiger partial charge in [0, 0.05) is 6.04 Å². The molecule has 0 radical (unpaired) electrons. The summed E-state index contributed by atoms with van der Waals surface area (Å²) < 4.78 is 5.53. The smallest absolute Gasteiger partial charge is 0.305 e. The van der Waals surface area contributed by atoms with E-state index in [4.69, 9.17) is 9.84 Å². The molecule has 0 bridgehead atoms. The van der Waals surface area contributed by atoms with E-state index in [2.05, 4.69) is 5.32 Å². The number of aliphatic carboxylic acids is 1. The van der Waals surface area contributed by atoms with Crippen molar-refractivity contribution in [2.24, 2.45) is 0 Å². The minimum Gasteiger partial charge on any atom is -0.493 e. The maximum atomic E-state index is 11.7.